The highest BCUT2D eigenvalue weighted by molar-refractivity contribution is 5.75. The zero-order valence-corrected chi connectivity index (χ0v) is 9.81. The molecule has 0 amide bonds. The number of hydrogen-bond donors (Lipinski definition) is 0. The van der Waals surface area contributed by atoms with E-state index in [9.17, 15) is 4.79 Å². The molecular weight excluding hydrogens is 208 g/mol. The fraction of sp³-hybridized carbons (Fsp3) is 0.917. The molecule has 0 spiro atoms. The monoisotopic (exact) mass is 228 g/mol. The van der Waals surface area contributed by atoms with Gasteiger partial charge in [-0.05, 0) is 37.5 Å². The van der Waals surface area contributed by atoms with Gasteiger partial charge in [0.1, 0.15) is 0 Å². The fourth-order valence-corrected chi connectivity index (χ4v) is 2.06. The molecule has 2 aliphatic rings. The Kier molecular flexibility index (Phi) is 4.18. The van der Waals surface area contributed by atoms with Crippen molar-refractivity contribution in [3.05, 3.63) is 0 Å². The van der Waals surface area contributed by atoms with Crippen molar-refractivity contribution in [2.75, 3.05) is 26.9 Å². The normalized spacial score (nSPS) is 24.1. The van der Waals surface area contributed by atoms with E-state index in [1.165, 1.54) is 7.11 Å². The average molecular weight is 228 g/mol. The second-order valence-electron chi connectivity index (χ2n) is 4.67. The fourth-order valence-electron chi connectivity index (χ4n) is 2.06. The van der Waals surface area contributed by atoms with Crippen LogP contribution in [0, 0.1) is 11.8 Å². The first-order valence-corrected chi connectivity index (χ1v) is 6.08. The summed E-state index contributed by atoms with van der Waals surface area (Å²) in [5.41, 5.74) is 0. The van der Waals surface area contributed by atoms with Crippen LogP contribution in [0.5, 0.6) is 0 Å². The van der Waals surface area contributed by atoms with Gasteiger partial charge in [-0.25, -0.2) is 4.79 Å². The lowest BCUT2D eigenvalue weighted by atomic mass is 10.0. The molecule has 4 nitrogen and oxygen atoms in total. The Balaban J connectivity index is 1.74. The standard InChI is InChI=1S/C12H20O4/c1-14-12(13)11(10-2-3-10)16-8-9-4-6-15-7-5-9/h9-11H,2-8H2,1H3. The lowest BCUT2D eigenvalue weighted by Gasteiger charge is -2.24. The predicted molar refractivity (Wildman–Crippen MR) is 58.0 cm³/mol. The van der Waals surface area contributed by atoms with Gasteiger partial charge >= 0.3 is 5.97 Å². The summed E-state index contributed by atoms with van der Waals surface area (Å²) in [6.07, 6.45) is 3.94. The van der Waals surface area contributed by atoms with Crippen LogP contribution in [-0.4, -0.2) is 39.0 Å². The van der Waals surface area contributed by atoms with Crippen LogP contribution in [0.25, 0.3) is 0 Å². The Labute approximate surface area is 96.2 Å². The number of methoxy groups -OCH3 is 1. The molecular formula is C12H20O4. The maximum atomic E-state index is 11.5. The van der Waals surface area contributed by atoms with Crippen LogP contribution in [0.15, 0.2) is 0 Å². The van der Waals surface area contributed by atoms with Crippen molar-refractivity contribution in [1.29, 1.82) is 0 Å². The van der Waals surface area contributed by atoms with E-state index in [0.717, 1.165) is 38.9 Å². The summed E-state index contributed by atoms with van der Waals surface area (Å²) in [6.45, 7) is 2.31. The van der Waals surface area contributed by atoms with Crippen molar-refractivity contribution in [3.63, 3.8) is 0 Å². The van der Waals surface area contributed by atoms with E-state index in [1.54, 1.807) is 0 Å². The molecule has 0 bridgehead atoms. The molecule has 1 heterocycles. The maximum absolute atomic E-state index is 11.5. The molecule has 4 heteroatoms. The minimum atomic E-state index is -0.326. The Morgan fingerprint density at radius 3 is 2.56 bits per heavy atom. The topological polar surface area (TPSA) is 44.8 Å². The summed E-state index contributed by atoms with van der Waals surface area (Å²) in [5, 5.41) is 0. The van der Waals surface area contributed by atoms with E-state index in [1.807, 2.05) is 0 Å². The average Bonchev–Trinajstić information content (AvgIpc) is 3.15. The highest BCUT2D eigenvalue weighted by atomic mass is 16.6. The van der Waals surface area contributed by atoms with Gasteiger partial charge in [-0.3, -0.25) is 0 Å². The molecule has 0 aromatic rings. The minimum absolute atomic E-state index is 0.213. The van der Waals surface area contributed by atoms with Gasteiger partial charge < -0.3 is 14.2 Å². The van der Waals surface area contributed by atoms with Gasteiger partial charge in [-0.1, -0.05) is 0 Å². The van der Waals surface area contributed by atoms with Gasteiger partial charge in [0.15, 0.2) is 6.10 Å². The molecule has 1 aliphatic carbocycles. The number of hydrogen-bond acceptors (Lipinski definition) is 4. The molecule has 1 unspecified atom stereocenters. The molecule has 0 N–H and O–H groups in total. The van der Waals surface area contributed by atoms with Crippen molar-refractivity contribution >= 4 is 5.97 Å². The number of ether oxygens (including phenoxy) is 3. The number of rotatable bonds is 5. The van der Waals surface area contributed by atoms with Gasteiger partial charge in [0.2, 0.25) is 0 Å². The number of esters is 1. The summed E-state index contributed by atoms with van der Waals surface area (Å²) in [6, 6.07) is 0. The van der Waals surface area contributed by atoms with Gasteiger partial charge in [-0.15, -0.1) is 0 Å². The van der Waals surface area contributed by atoms with E-state index < -0.39 is 0 Å². The molecule has 1 saturated heterocycles. The molecule has 2 fully saturated rings. The second-order valence-corrected chi connectivity index (χ2v) is 4.67. The molecule has 1 atom stereocenters. The van der Waals surface area contributed by atoms with Crippen LogP contribution in [0.3, 0.4) is 0 Å². The van der Waals surface area contributed by atoms with E-state index in [-0.39, 0.29) is 12.1 Å². The Hall–Kier alpha value is -0.610. The zero-order chi connectivity index (χ0) is 11.4. The van der Waals surface area contributed by atoms with Crippen LogP contribution in [0.1, 0.15) is 25.7 Å². The van der Waals surface area contributed by atoms with Crippen LogP contribution >= 0.6 is 0 Å². The first-order valence-electron chi connectivity index (χ1n) is 6.08. The minimum Gasteiger partial charge on any atom is -0.467 e. The molecule has 0 aromatic heterocycles. The Bertz CT molecular complexity index is 231. The maximum Gasteiger partial charge on any atom is 0.335 e. The van der Waals surface area contributed by atoms with Crippen molar-refractivity contribution < 1.29 is 19.0 Å². The molecule has 92 valence electrons. The van der Waals surface area contributed by atoms with E-state index in [4.69, 9.17) is 14.2 Å². The summed E-state index contributed by atoms with van der Waals surface area (Å²) >= 11 is 0. The molecule has 1 saturated carbocycles. The molecule has 2 rings (SSSR count). The lowest BCUT2D eigenvalue weighted by molar-refractivity contribution is -0.157. The smallest absolute Gasteiger partial charge is 0.335 e. The van der Waals surface area contributed by atoms with Crippen LogP contribution in [-0.2, 0) is 19.0 Å². The van der Waals surface area contributed by atoms with Crippen LogP contribution in [0.2, 0.25) is 0 Å². The van der Waals surface area contributed by atoms with Crippen molar-refractivity contribution in [3.8, 4) is 0 Å². The van der Waals surface area contributed by atoms with E-state index in [2.05, 4.69) is 0 Å². The van der Waals surface area contributed by atoms with Crippen LogP contribution < -0.4 is 0 Å². The van der Waals surface area contributed by atoms with Crippen molar-refractivity contribution in [1.82, 2.24) is 0 Å². The van der Waals surface area contributed by atoms with E-state index in [0.29, 0.717) is 18.4 Å². The Morgan fingerprint density at radius 2 is 2.00 bits per heavy atom. The van der Waals surface area contributed by atoms with Crippen LogP contribution in [0.4, 0.5) is 0 Å². The van der Waals surface area contributed by atoms with Gasteiger partial charge in [0, 0.05) is 13.2 Å². The summed E-state index contributed by atoms with van der Waals surface area (Å²) in [4.78, 5) is 11.5. The van der Waals surface area contributed by atoms with Gasteiger partial charge in [0.25, 0.3) is 0 Å². The Morgan fingerprint density at radius 1 is 1.31 bits per heavy atom. The quantitative estimate of drug-likeness (QED) is 0.667. The van der Waals surface area contributed by atoms with Gasteiger partial charge in [-0.2, -0.15) is 0 Å². The third-order valence-corrected chi connectivity index (χ3v) is 3.34. The third kappa shape index (κ3) is 3.19. The third-order valence-electron chi connectivity index (χ3n) is 3.34. The number of carbonyl (C=O) groups is 1. The van der Waals surface area contributed by atoms with Crippen molar-refractivity contribution in [2.24, 2.45) is 11.8 Å². The lowest BCUT2D eigenvalue weighted by Crippen LogP contribution is -2.31. The second kappa shape index (κ2) is 5.64. The van der Waals surface area contributed by atoms with Gasteiger partial charge in [0.05, 0.1) is 13.7 Å². The molecule has 0 aromatic carbocycles. The summed E-state index contributed by atoms with van der Waals surface area (Å²) in [5.74, 6) is 0.724. The molecule has 1 aliphatic heterocycles. The highest BCUT2D eigenvalue weighted by Gasteiger charge is 2.38. The molecule has 16 heavy (non-hydrogen) atoms. The molecule has 0 radical (unpaired) electrons. The van der Waals surface area contributed by atoms with E-state index >= 15 is 0 Å². The summed E-state index contributed by atoms with van der Waals surface area (Å²) in [7, 11) is 1.43. The largest absolute Gasteiger partial charge is 0.467 e. The summed E-state index contributed by atoms with van der Waals surface area (Å²) < 4.78 is 15.8. The first kappa shape index (κ1) is 11.9. The SMILES string of the molecule is COC(=O)C(OCC1CCOCC1)C1CC1. The predicted octanol–water partition coefficient (Wildman–Crippen LogP) is 1.38. The number of carbonyl (C=O) groups excluding carboxylic acids is 1. The zero-order valence-electron chi connectivity index (χ0n) is 9.81. The first-order chi connectivity index (χ1) is 7.81. The van der Waals surface area contributed by atoms with Crippen molar-refractivity contribution in [2.45, 2.75) is 31.8 Å². The highest BCUT2D eigenvalue weighted by Crippen LogP contribution is 2.35.